The summed E-state index contributed by atoms with van der Waals surface area (Å²) in [5.41, 5.74) is 0.185. The number of amides is 1. The molecule has 8 heteroatoms. The number of hydrogen-bond acceptors (Lipinski definition) is 4. The molecule has 0 spiro atoms. The zero-order valence-electron chi connectivity index (χ0n) is 16.3. The Bertz CT molecular complexity index is 1190. The van der Waals surface area contributed by atoms with E-state index in [1.165, 1.54) is 22.6 Å². The molecule has 1 N–H and O–H groups in total. The van der Waals surface area contributed by atoms with Crippen LogP contribution in [0.5, 0.6) is 0 Å². The van der Waals surface area contributed by atoms with Gasteiger partial charge in [-0.25, -0.2) is 8.42 Å². The lowest BCUT2D eigenvalue weighted by molar-refractivity contribution is -0.116. The lowest BCUT2D eigenvalue weighted by Crippen LogP contribution is -2.33. The highest BCUT2D eigenvalue weighted by Gasteiger charge is 2.22. The maximum Gasteiger partial charge on any atom is 0.251 e. The highest BCUT2D eigenvalue weighted by atomic mass is 32.2. The van der Waals surface area contributed by atoms with E-state index >= 15 is 0 Å². The maximum atomic E-state index is 12.7. The van der Waals surface area contributed by atoms with Crippen molar-refractivity contribution >= 4 is 32.4 Å². The van der Waals surface area contributed by atoms with E-state index in [9.17, 15) is 18.0 Å². The van der Waals surface area contributed by atoms with E-state index in [-0.39, 0.29) is 11.4 Å². The molecule has 0 aliphatic carbocycles. The first-order valence-corrected chi connectivity index (χ1v) is 10.8. The summed E-state index contributed by atoms with van der Waals surface area (Å²) >= 11 is 0. The minimum atomic E-state index is -3.72. The molecule has 29 heavy (non-hydrogen) atoms. The average Bonchev–Trinajstić information content (AvgIpc) is 2.70. The summed E-state index contributed by atoms with van der Waals surface area (Å²) in [6, 6.07) is 15.6. The van der Waals surface area contributed by atoms with Gasteiger partial charge in [0.15, 0.2) is 0 Å². The molecule has 2 aromatic carbocycles. The van der Waals surface area contributed by atoms with Crippen LogP contribution in [0.15, 0.2) is 70.5 Å². The molecule has 0 unspecified atom stereocenters. The Labute approximate surface area is 169 Å². The number of fused-ring (bicyclic) bond motifs is 1. The molecule has 0 atom stereocenters. The van der Waals surface area contributed by atoms with E-state index in [1.54, 1.807) is 19.9 Å². The van der Waals surface area contributed by atoms with E-state index in [4.69, 9.17) is 0 Å². The summed E-state index contributed by atoms with van der Waals surface area (Å²) in [5.74, 6) is -0.416. The van der Waals surface area contributed by atoms with E-state index in [2.05, 4.69) is 5.32 Å². The summed E-state index contributed by atoms with van der Waals surface area (Å²) in [5, 5.41) is 4.67. The SMILES string of the molecule is CCN(CC)S(=O)(=O)c1ccc(=O)n(CC(=O)Nc2cccc3ccccc23)c1. The van der Waals surface area contributed by atoms with Gasteiger partial charge in [0.25, 0.3) is 5.56 Å². The summed E-state index contributed by atoms with van der Waals surface area (Å²) in [7, 11) is -3.72. The normalized spacial score (nSPS) is 11.7. The first kappa shape index (κ1) is 20.8. The van der Waals surface area contributed by atoms with Gasteiger partial charge in [0.05, 0.1) is 4.90 Å². The molecular formula is C21H23N3O4S. The van der Waals surface area contributed by atoms with Gasteiger partial charge in [-0.05, 0) is 17.5 Å². The van der Waals surface area contributed by atoms with Crippen molar-refractivity contribution in [1.82, 2.24) is 8.87 Å². The van der Waals surface area contributed by atoms with Crippen LogP contribution in [0.4, 0.5) is 5.69 Å². The summed E-state index contributed by atoms with van der Waals surface area (Å²) < 4.78 is 27.8. The molecule has 0 aliphatic rings. The van der Waals surface area contributed by atoms with Gasteiger partial charge in [-0.15, -0.1) is 0 Å². The first-order chi connectivity index (χ1) is 13.9. The molecule has 7 nitrogen and oxygen atoms in total. The molecule has 0 aliphatic heterocycles. The molecule has 1 heterocycles. The third-order valence-electron chi connectivity index (χ3n) is 4.68. The fourth-order valence-corrected chi connectivity index (χ4v) is 4.66. The zero-order chi connectivity index (χ0) is 21.0. The van der Waals surface area contributed by atoms with Gasteiger partial charge in [-0.2, -0.15) is 4.31 Å². The monoisotopic (exact) mass is 413 g/mol. The molecule has 0 fully saturated rings. The predicted octanol–water partition coefficient (Wildman–Crippen LogP) is 2.67. The number of pyridine rings is 1. The van der Waals surface area contributed by atoms with Gasteiger partial charge in [-0.3, -0.25) is 9.59 Å². The second-order valence-corrected chi connectivity index (χ2v) is 8.43. The number of anilines is 1. The predicted molar refractivity (Wildman–Crippen MR) is 113 cm³/mol. The summed E-state index contributed by atoms with van der Waals surface area (Å²) in [6.45, 7) is 3.84. The van der Waals surface area contributed by atoms with Gasteiger partial charge in [0.2, 0.25) is 15.9 Å². The van der Waals surface area contributed by atoms with Crippen LogP contribution < -0.4 is 10.9 Å². The number of carbonyl (C=O) groups excluding carboxylic acids is 1. The highest BCUT2D eigenvalue weighted by Crippen LogP contribution is 2.23. The Morgan fingerprint density at radius 2 is 1.69 bits per heavy atom. The van der Waals surface area contributed by atoms with Crippen LogP contribution in [0.3, 0.4) is 0 Å². The molecule has 3 aromatic rings. The van der Waals surface area contributed by atoms with Crippen LogP contribution in [0.1, 0.15) is 13.8 Å². The van der Waals surface area contributed by atoms with Crippen molar-refractivity contribution in [3.8, 4) is 0 Å². The van der Waals surface area contributed by atoms with Crippen LogP contribution >= 0.6 is 0 Å². The minimum absolute atomic E-state index is 0.0150. The Morgan fingerprint density at radius 3 is 2.41 bits per heavy atom. The maximum absolute atomic E-state index is 12.7. The number of carbonyl (C=O) groups is 1. The van der Waals surface area contributed by atoms with Crippen LogP contribution in [0, 0.1) is 0 Å². The molecule has 0 radical (unpaired) electrons. The van der Waals surface area contributed by atoms with Crippen molar-refractivity contribution in [3.63, 3.8) is 0 Å². The van der Waals surface area contributed by atoms with Crippen molar-refractivity contribution in [3.05, 3.63) is 71.1 Å². The van der Waals surface area contributed by atoms with Gasteiger partial charge in [0.1, 0.15) is 6.54 Å². The Kier molecular flexibility index (Phi) is 6.14. The number of nitrogens with zero attached hydrogens (tertiary/aromatic N) is 2. The van der Waals surface area contributed by atoms with Crippen molar-refractivity contribution in [1.29, 1.82) is 0 Å². The number of hydrogen-bond donors (Lipinski definition) is 1. The standard InChI is InChI=1S/C21H23N3O4S/c1-3-24(4-2)29(27,28)17-12-13-21(26)23(14-17)15-20(25)22-19-11-7-9-16-8-5-6-10-18(16)19/h5-14H,3-4,15H2,1-2H3,(H,22,25). The topological polar surface area (TPSA) is 88.5 Å². The molecule has 0 saturated carbocycles. The number of rotatable bonds is 7. The van der Waals surface area contributed by atoms with Gasteiger partial charge in [-0.1, -0.05) is 50.2 Å². The van der Waals surface area contributed by atoms with Crippen molar-refractivity contribution in [2.24, 2.45) is 0 Å². The second kappa shape index (κ2) is 8.59. The second-order valence-electron chi connectivity index (χ2n) is 6.50. The van der Waals surface area contributed by atoms with Crippen molar-refractivity contribution in [2.75, 3.05) is 18.4 Å². The minimum Gasteiger partial charge on any atom is -0.324 e. The fraction of sp³-hybridized carbons (Fsp3) is 0.238. The van der Waals surface area contributed by atoms with Gasteiger partial charge < -0.3 is 9.88 Å². The third kappa shape index (κ3) is 4.38. The quantitative estimate of drug-likeness (QED) is 0.645. The van der Waals surface area contributed by atoms with E-state index in [0.717, 1.165) is 15.3 Å². The number of nitrogens with one attached hydrogen (secondary N) is 1. The Hall–Kier alpha value is -2.97. The van der Waals surface area contributed by atoms with Crippen molar-refractivity contribution in [2.45, 2.75) is 25.3 Å². The molecule has 152 valence electrons. The van der Waals surface area contributed by atoms with Crippen molar-refractivity contribution < 1.29 is 13.2 Å². The number of benzene rings is 2. The largest absolute Gasteiger partial charge is 0.324 e. The smallest absolute Gasteiger partial charge is 0.251 e. The molecular weight excluding hydrogens is 390 g/mol. The fourth-order valence-electron chi connectivity index (χ4n) is 3.18. The summed E-state index contributed by atoms with van der Waals surface area (Å²) in [6.07, 6.45) is 1.22. The lowest BCUT2D eigenvalue weighted by atomic mass is 10.1. The first-order valence-electron chi connectivity index (χ1n) is 9.35. The Balaban J connectivity index is 1.86. The van der Waals surface area contributed by atoms with E-state index < -0.39 is 21.5 Å². The molecule has 0 saturated heterocycles. The molecule has 0 bridgehead atoms. The van der Waals surface area contributed by atoms with Gasteiger partial charge in [0, 0.05) is 36.4 Å². The molecule has 1 aromatic heterocycles. The van der Waals surface area contributed by atoms with Crippen LogP contribution in [-0.4, -0.2) is 36.3 Å². The summed E-state index contributed by atoms with van der Waals surface area (Å²) in [4.78, 5) is 24.7. The zero-order valence-corrected chi connectivity index (χ0v) is 17.1. The van der Waals surface area contributed by atoms with Crippen LogP contribution in [0.2, 0.25) is 0 Å². The molecule has 3 rings (SSSR count). The highest BCUT2D eigenvalue weighted by molar-refractivity contribution is 7.89. The van der Waals surface area contributed by atoms with Crippen LogP contribution in [-0.2, 0) is 21.4 Å². The number of sulfonamides is 1. The van der Waals surface area contributed by atoms with E-state index in [1.807, 2.05) is 36.4 Å². The average molecular weight is 413 g/mol. The molecule has 1 amide bonds. The third-order valence-corrected chi connectivity index (χ3v) is 6.71. The number of aromatic nitrogens is 1. The van der Waals surface area contributed by atoms with E-state index in [0.29, 0.717) is 18.8 Å². The van der Waals surface area contributed by atoms with Gasteiger partial charge >= 0.3 is 0 Å². The Morgan fingerprint density at radius 1 is 1.00 bits per heavy atom. The lowest BCUT2D eigenvalue weighted by Gasteiger charge is -2.19. The van der Waals surface area contributed by atoms with Crippen LogP contribution in [0.25, 0.3) is 10.8 Å².